The highest BCUT2D eigenvalue weighted by atomic mass is 32.2. The van der Waals surface area contributed by atoms with Crippen molar-refractivity contribution < 1.29 is 8.42 Å². The van der Waals surface area contributed by atoms with Crippen LogP contribution in [0.2, 0.25) is 0 Å². The largest absolute Gasteiger partial charge is 0.311 e. The van der Waals surface area contributed by atoms with Gasteiger partial charge in [0, 0.05) is 18.3 Å². The Kier molecular flexibility index (Phi) is 5.29. The molecule has 112 valence electrons. The molecule has 1 N–H and O–H groups in total. The highest BCUT2D eigenvalue weighted by Crippen LogP contribution is 2.29. The maximum Gasteiger partial charge on any atom is 0.150 e. The van der Waals surface area contributed by atoms with Gasteiger partial charge < -0.3 is 5.32 Å². The fraction of sp³-hybridized carbons (Fsp3) is 1.00. The summed E-state index contributed by atoms with van der Waals surface area (Å²) in [5, 5.41) is 3.61. The molecule has 0 bridgehead atoms. The lowest BCUT2D eigenvalue weighted by Crippen LogP contribution is -2.45. The molecule has 3 atom stereocenters. The number of nitrogens with one attached hydrogen (secondary N) is 1. The van der Waals surface area contributed by atoms with Crippen molar-refractivity contribution in [2.45, 2.75) is 82.0 Å². The van der Waals surface area contributed by atoms with Crippen LogP contribution in [0.3, 0.4) is 0 Å². The van der Waals surface area contributed by atoms with Crippen LogP contribution in [0.4, 0.5) is 0 Å². The van der Waals surface area contributed by atoms with Crippen molar-refractivity contribution in [1.29, 1.82) is 0 Å². The molecule has 0 saturated heterocycles. The van der Waals surface area contributed by atoms with Gasteiger partial charge >= 0.3 is 0 Å². The predicted molar refractivity (Wildman–Crippen MR) is 80.1 cm³/mol. The first-order chi connectivity index (χ1) is 8.97. The SMILES string of the molecule is C[C@H](NC1CCCC(S(C)(=O)=O)C1)C1CCCCC1. The van der Waals surface area contributed by atoms with E-state index in [1.807, 2.05) is 0 Å². The number of rotatable bonds is 4. The minimum atomic E-state index is -2.86. The van der Waals surface area contributed by atoms with Gasteiger partial charge in [-0.15, -0.1) is 0 Å². The van der Waals surface area contributed by atoms with E-state index in [1.54, 1.807) is 0 Å². The lowest BCUT2D eigenvalue weighted by molar-refractivity contribution is 0.244. The van der Waals surface area contributed by atoms with Crippen LogP contribution in [0.1, 0.15) is 64.7 Å². The molecule has 0 amide bonds. The Labute approximate surface area is 118 Å². The van der Waals surface area contributed by atoms with E-state index >= 15 is 0 Å². The minimum absolute atomic E-state index is 0.114. The van der Waals surface area contributed by atoms with Gasteiger partial charge in [0.15, 0.2) is 0 Å². The van der Waals surface area contributed by atoms with E-state index < -0.39 is 9.84 Å². The molecule has 4 heteroatoms. The molecule has 2 aliphatic rings. The van der Waals surface area contributed by atoms with Crippen LogP contribution >= 0.6 is 0 Å². The minimum Gasteiger partial charge on any atom is -0.311 e. The van der Waals surface area contributed by atoms with E-state index in [2.05, 4.69) is 12.2 Å². The van der Waals surface area contributed by atoms with Gasteiger partial charge in [-0.25, -0.2) is 8.42 Å². The second-order valence-electron chi connectivity index (χ2n) is 6.67. The van der Waals surface area contributed by atoms with Gasteiger partial charge in [0.2, 0.25) is 0 Å². The van der Waals surface area contributed by atoms with Crippen LogP contribution in [-0.4, -0.2) is 32.0 Å². The van der Waals surface area contributed by atoms with Crippen molar-refractivity contribution in [1.82, 2.24) is 5.32 Å². The molecule has 3 nitrogen and oxygen atoms in total. The highest BCUT2D eigenvalue weighted by Gasteiger charge is 2.30. The summed E-state index contributed by atoms with van der Waals surface area (Å²) < 4.78 is 23.4. The van der Waals surface area contributed by atoms with Gasteiger partial charge in [0.25, 0.3) is 0 Å². The third kappa shape index (κ3) is 4.45. The zero-order chi connectivity index (χ0) is 13.9. The Morgan fingerprint density at radius 3 is 2.32 bits per heavy atom. The van der Waals surface area contributed by atoms with Crippen LogP contribution in [0.5, 0.6) is 0 Å². The van der Waals surface area contributed by atoms with Crippen LogP contribution in [0.25, 0.3) is 0 Å². The molecule has 0 aromatic carbocycles. The fourth-order valence-corrected chi connectivity index (χ4v) is 5.00. The van der Waals surface area contributed by atoms with Gasteiger partial charge in [-0.05, 0) is 44.9 Å². The summed E-state index contributed by atoms with van der Waals surface area (Å²) in [5.74, 6) is 0.798. The van der Waals surface area contributed by atoms with Crippen molar-refractivity contribution in [3.63, 3.8) is 0 Å². The first-order valence-corrected chi connectivity index (χ1v) is 9.87. The molecule has 2 rings (SSSR count). The summed E-state index contributed by atoms with van der Waals surface area (Å²) in [6.07, 6.45) is 12.1. The van der Waals surface area contributed by atoms with E-state index in [0.717, 1.165) is 31.6 Å². The summed E-state index contributed by atoms with van der Waals surface area (Å²) in [5.41, 5.74) is 0. The molecule has 2 unspecified atom stereocenters. The van der Waals surface area contributed by atoms with Gasteiger partial charge in [0.05, 0.1) is 5.25 Å². The summed E-state index contributed by atoms with van der Waals surface area (Å²) in [7, 11) is -2.86. The molecule has 0 heterocycles. The average molecular weight is 287 g/mol. The van der Waals surface area contributed by atoms with Crippen molar-refractivity contribution in [3.05, 3.63) is 0 Å². The zero-order valence-corrected chi connectivity index (χ0v) is 13.2. The lowest BCUT2D eigenvalue weighted by Gasteiger charge is -2.35. The summed E-state index contributed by atoms with van der Waals surface area (Å²) in [6, 6.07) is 0.953. The maximum absolute atomic E-state index is 11.7. The van der Waals surface area contributed by atoms with Gasteiger partial charge in [-0.2, -0.15) is 0 Å². The maximum atomic E-state index is 11.7. The molecule has 0 aromatic rings. The predicted octanol–water partition coefficient (Wildman–Crippen LogP) is 2.90. The van der Waals surface area contributed by atoms with Crippen molar-refractivity contribution in [2.75, 3.05) is 6.26 Å². The molecule has 0 radical (unpaired) electrons. The van der Waals surface area contributed by atoms with E-state index in [-0.39, 0.29) is 5.25 Å². The van der Waals surface area contributed by atoms with Crippen molar-refractivity contribution >= 4 is 9.84 Å². The normalized spacial score (nSPS) is 32.1. The standard InChI is InChI=1S/C15H29NO2S/c1-12(13-7-4-3-5-8-13)16-14-9-6-10-15(11-14)19(2,17)18/h12-16H,3-11H2,1-2H3/t12-,14?,15?/m0/s1. The Bertz CT molecular complexity index is 374. The summed E-state index contributed by atoms with van der Waals surface area (Å²) >= 11 is 0. The Hall–Kier alpha value is -0.0900. The molecular weight excluding hydrogens is 258 g/mol. The van der Waals surface area contributed by atoms with Crippen LogP contribution in [0, 0.1) is 5.92 Å². The van der Waals surface area contributed by atoms with Gasteiger partial charge in [-0.1, -0.05) is 25.7 Å². The first-order valence-electron chi connectivity index (χ1n) is 7.91. The fourth-order valence-electron chi connectivity index (χ4n) is 3.83. The topological polar surface area (TPSA) is 46.2 Å². The van der Waals surface area contributed by atoms with E-state index in [1.165, 1.54) is 38.4 Å². The molecule has 0 aliphatic heterocycles. The zero-order valence-electron chi connectivity index (χ0n) is 12.4. The molecule has 2 saturated carbocycles. The Morgan fingerprint density at radius 1 is 1.00 bits per heavy atom. The van der Waals surface area contributed by atoms with Crippen molar-refractivity contribution in [2.24, 2.45) is 5.92 Å². The average Bonchev–Trinajstić information content (AvgIpc) is 2.39. The third-order valence-electron chi connectivity index (χ3n) is 5.09. The number of hydrogen-bond donors (Lipinski definition) is 1. The van der Waals surface area contributed by atoms with Crippen LogP contribution in [-0.2, 0) is 9.84 Å². The number of hydrogen-bond acceptors (Lipinski definition) is 3. The first kappa shape index (κ1) is 15.3. The molecule has 2 fully saturated rings. The van der Waals surface area contributed by atoms with E-state index in [4.69, 9.17) is 0 Å². The quantitative estimate of drug-likeness (QED) is 0.865. The third-order valence-corrected chi connectivity index (χ3v) is 6.73. The Morgan fingerprint density at radius 2 is 1.68 bits per heavy atom. The molecule has 0 spiro atoms. The summed E-state index contributed by atoms with van der Waals surface area (Å²) in [6.45, 7) is 2.29. The van der Waals surface area contributed by atoms with Crippen LogP contribution < -0.4 is 5.32 Å². The second-order valence-corrected chi connectivity index (χ2v) is 8.99. The molecule has 2 aliphatic carbocycles. The van der Waals surface area contributed by atoms with Gasteiger partial charge in [-0.3, -0.25) is 0 Å². The van der Waals surface area contributed by atoms with E-state index in [9.17, 15) is 8.42 Å². The molecule has 19 heavy (non-hydrogen) atoms. The summed E-state index contributed by atoms with van der Waals surface area (Å²) in [4.78, 5) is 0. The lowest BCUT2D eigenvalue weighted by atomic mass is 9.83. The van der Waals surface area contributed by atoms with Gasteiger partial charge in [0.1, 0.15) is 9.84 Å². The smallest absolute Gasteiger partial charge is 0.150 e. The number of sulfone groups is 1. The van der Waals surface area contributed by atoms with E-state index in [0.29, 0.717) is 12.1 Å². The molecule has 0 aromatic heterocycles. The molecular formula is C15H29NO2S. The monoisotopic (exact) mass is 287 g/mol. The van der Waals surface area contributed by atoms with Crippen molar-refractivity contribution in [3.8, 4) is 0 Å². The second kappa shape index (κ2) is 6.57. The Balaban J connectivity index is 1.84. The van der Waals surface area contributed by atoms with Crippen LogP contribution in [0.15, 0.2) is 0 Å². The highest BCUT2D eigenvalue weighted by molar-refractivity contribution is 7.91.